The van der Waals surface area contributed by atoms with Crippen molar-refractivity contribution in [3.8, 4) is 0 Å². The van der Waals surface area contributed by atoms with Crippen LogP contribution in [0.5, 0.6) is 0 Å². The molecule has 6 rings (SSSR count). The van der Waals surface area contributed by atoms with Crippen LogP contribution in [-0.4, -0.2) is 71.8 Å². The van der Waals surface area contributed by atoms with Crippen molar-refractivity contribution in [1.29, 1.82) is 0 Å². The quantitative estimate of drug-likeness (QED) is 0.451. The second-order valence-electron chi connectivity index (χ2n) is 10.7. The standard InChI is InChI=1S/C30H33N5O3S/c1-20-8-9-21(2)25(17-20)32-12-14-33(15-13-32)28(36)22-5-4-11-34(18-22)24-7-3-6-23-27(24)30(38)35(29(23)37)19-26-31-10-16-39-26/h3,6-10,16-17,22H,4-5,11-15,18-19H2,1-2H3/t22-/m0/s1. The van der Waals surface area contributed by atoms with Crippen LogP contribution in [0.4, 0.5) is 11.4 Å². The van der Waals surface area contributed by atoms with Gasteiger partial charge in [0.05, 0.1) is 29.3 Å². The number of carbonyl (C=O) groups is 3. The lowest BCUT2D eigenvalue weighted by Crippen LogP contribution is -2.52. The fraction of sp³-hybridized carbons (Fsp3) is 0.400. The van der Waals surface area contributed by atoms with Crippen molar-refractivity contribution in [3.63, 3.8) is 0 Å². The largest absolute Gasteiger partial charge is 0.370 e. The van der Waals surface area contributed by atoms with Crippen molar-refractivity contribution in [3.05, 3.63) is 75.2 Å². The normalized spacial score (nSPS) is 19.6. The Morgan fingerprint density at radius 1 is 0.974 bits per heavy atom. The van der Waals surface area contributed by atoms with Crippen molar-refractivity contribution in [2.75, 3.05) is 49.1 Å². The van der Waals surface area contributed by atoms with Crippen LogP contribution in [0.2, 0.25) is 0 Å². The number of imide groups is 1. The van der Waals surface area contributed by atoms with Crippen LogP contribution in [0.3, 0.4) is 0 Å². The molecule has 3 aromatic rings. The maximum absolute atomic E-state index is 13.6. The van der Waals surface area contributed by atoms with Gasteiger partial charge in [-0.15, -0.1) is 11.3 Å². The summed E-state index contributed by atoms with van der Waals surface area (Å²) in [5.41, 5.74) is 5.41. The van der Waals surface area contributed by atoms with Crippen molar-refractivity contribution >= 4 is 40.4 Å². The lowest BCUT2D eigenvalue weighted by atomic mass is 9.94. The molecule has 9 heteroatoms. The predicted octanol–water partition coefficient (Wildman–Crippen LogP) is 4.12. The number of nitrogens with zero attached hydrogens (tertiary/aromatic N) is 5. The first-order valence-electron chi connectivity index (χ1n) is 13.6. The number of fused-ring (bicyclic) bond motifs is 1. The van der Waals surface area contributed by atoms with Gasteiger partial charge in [-0.2, -0.15) is 0 Å². The molecule has 4 heterocycles. The van der Waals surface area contributed by atoms with E-state index in [1.54, 1.807) is 12.3 Å². The van der Waals surface area contributed by atoms with Crippen molar-refractivity contribution < 1.29 is 14.4 Å². The molecule has 1 atom stereocenters. The molecule has 0 saturated carbocycles. The summed E-state index contributed by atoms with van der Waals surface area (Å²) in [7, 11) is 0. The number of hydrogen-bond donors (Lipinski definition) is 0. The van der Waals surface area contributed by atoms with E-state index in [2.05, 4.69) is 46.8 Å². The summed E-state index contributed by atoms with van der Waals surface area (Å²) in [6, 6.07) is 12.0. The average molecular weight is 544 g/mol. The van der Waals surface area contributed by atoms with Gasteiger partial charge in [0.2, 0.25) is 5.91 Å². The molecule has 3 amide bonds. The van der Waals surface area contributed by atoms with E-state index in [0.29, 0.717) is 30.8 Å². The van der Waals surface area contributed by atoms with Crippen molar-refractivity contribution in [2.24, 2.45) is 5.92 Å². The minimum absolute atomic E-state index is 0.125. The highest BCUT2D eigenvalue weighted by Gasteiger charge is 2.40. The predicted molar refractivity (Wildman–Crippen MR) is 152 cm³/mol. The van der Waals surface area contributed by atoms with Crippen LogP contribution < -0.4 is 9.80 Å². The second kappa shape index (κ2) is 10.4. The Morgan fingerprint density at radius 3 is 2.56 bits per heavy atom. The Bertz CT molecular complexity index is 1410. The molecule has 202 valence electrons. The van der Waals surface area contributed by atoms with Gasteiger partial charge in [0.1, 0.15) is 5.01 Å². The molecule has 2 saturated heterocycles. The van der Waals surface area contributed by atoms with Gasteiger partial charge < -0.3 is 14.7 Å². The first kappa shape index (κ1) is 25.6. The maximum Gasteiger partial charge on any atom is 0.264 e. The second-order valence-corrected chi connectivity index (χ2v) is 11.7. The van der Waals surface area contributed by atoms with E-state index in [0.717, 1.165) is 43.2 Å². The number of piperazine rings is 1. The zero-order valence-corrected chi connectivity index (χ0v) is 23.2. The number of anilines is 2. The number of carbonyl (C=O) groups excluding carboxylic acids is 3. The minimum atomic E-state index is -0.281. The first-order valence-corrected chi connectivity index (χ1v) is 14.5. The molecule has 0 radical (unpaired) electrons. The molecule has 3 aliphatic heterocycles. The van der Waals surface area contributed by atoms with Gasteiger partial charge in [0.25, 0.3) is 11.8 Å². The number of aromatic nitrogens is 1. The van der Waals surface area contributed by atoms with E-state index in [1.165, 1.54) is 33.1 Å². The van der Waals surface area contributed by atoms with Gasteiger partial charge in [-0.3, -0.25) is 19.3 Å². The molecule has 39 heavy (non-hydrogen) atoms. The third-order valence-electron chi connectivity index (χ3n) is 8.16. The highest BCUT2D eigenvalue weighted by atomic mass is 32.1. The number of hydrogen-bond acceptors (Lipinski definition) is 7. The maximum atomic E-state index is 13.6. The van der Waals surface area contributed by atoms with E-state index in [9.17, 15) is 14.4 Å². The summed E-state index contributed by atoms with van der Waals surface area (Å²) in [5.74, 6) is -0.489. The van der Waals surface area contributed by atoms with Crippen LogP contribution in [0, 0.1) is 19.8 Å². The molecular weight excluding hydrogens is 510 g/mol. The smallest absolute Gasteiger partial charge is 0.264 e. The Morgan fingerprint density at radius 2 is 1.79 bits per heavy atom. The Hall–Kier alpha value is -3.72. The van der Waals surface area contributed by atoms with Crippen LogP contribution in [0.1, 0.15) is 49.7 Å². The average Bonchev–Trinajstić information content (AvgIpc) is 3.57. The molecule has 0 bridgehead atoms. The molecule has 8 nitrogen and oxygen atoms in total. The molecule has 2 fully saturated rings. The molecule has 0 N–H and O–H groups in total. The highest BCUT2D eigenvalue weighted by molar-refractivity contribution is 7.09. The minimum Gasteiger partial charge on any atom is -0.370 e. The summed E-state index contributed by atoms with van der Waals surface area (Å²) < 4.78 is 0. The number of rotatable bonds is 5. The number of aryl methyl sites for hydroxylation is 2. The van der Waals surface area contributed by atoms with Crippen LogP contribution in [-0.2, 0) is 11.3 Å². The molecule has 0 aliphatic carbocycles. The molecular formula is C30H33N5O3S. The zero-order valence-electron chi connectivity index (χ0n) is 22.4. The SMILES string of the molecule is Cc1ccc(C)c(N2CCN(C(=O)[C@H]3CCCN(c4cccc5c4C(=O)N(Cc4nccs4)C5=O)C3)CC2)c1. The van der Waals surface area contributed by atoms with Gasteiger partial charge in [0.15, 0.2) is 0 Å². The Kier molecular flexibility index (Phi) is 6.85. The summed E-state index contributed by atoms with van der Waals surface area (Å²) in [6.07, 6.45) is 3.39. The van der Waals surface area contributed by atoms with E-state index < -0.39 is 0 Å². The fourth-order valence-corrected chi connectivity index (χ4v) is 6.68. The monoisotopic (exact) mass is 543 g/mol. The Labute approximate surface area is 232 Å². The number of amides is 3. The summed E-state index contributed by atoms with van der Waals surface area (Å²) in [4.78, 5) is 52.2. The molecule has 3 aliphatic rings. The summed E-state index contributed by atoms with van der Waals surface area (Å²) in [6.45, 7) is 8.81. The summed E-state index contributed by atoms with van der Waals surface area (Å²) >= 11 is 1.43. The van der Waals surface area contributed by atoms with Gasteiger partial charge in [-0.1, -0.05) is 18.2 Å². The van der Waals surface area contributed by atoms with E-state index in [4.69, 9.17) is 0 Å². The van der Waals surface area contributed by atoms with Gasteiger partial charge >= 0.3 is 0 Å². The third-order valence-corrected chi connectivity index (χ3v) is 8.93. The molecule has 2 aromatic carbocycles. The van der Waals surface area contributed by atoms with E-state index >= 15 is 0 Å². The zero-order chi connectivity index (χ0) is 27.1. The lowest BCUT2D eigenvalue weighted by molar-refractivity contribution is -0.136. The highest BCUT2D eigenvalue weighted by Crippen LogP contribution is 2.35. The van der Waals surface area contributed by atoms with Crippen LogP contribution >= 0.6 is 11.3 Å². The van der Waals surface area contributed by atoms with Crippen molar-refractivity contribution in [1.82, 2.24) is 14.8 Å². The van der Waals surface area contributed by atoms with Crippen molar-refractivity contribution in [2.45, 2.75) is 33.2 Å². The van der Waals surface area contributed by atoms with E-state index in [1.807, 2.05) is 22.4 Å². The van der Waals surface area contributed by atoms with Gasteiger partial charge in [-0.25, -0.2) is 4.98 Å². The molecule has 0 unspecified atom stereocenters. The number of benzene rings is 2. The van der Waals surface area contributed by atoms with Crippen LogP contribution in [0.25, 0.3) is 0 Å². The first-order chi connectivity index (χ1) is 18.9. The fourth-order valence-electron chi connectivity index (χ4n) is 6.07. The number of thiazole rings is 1. The van der Waals surface area contributed by atoms with E-state index in [-0.39, 0.29) is 30.2 Å². The Balaban J connectivity index is 1.14. The molecule has 1 aromatic heterocycles. The van der Waals surface area contributed by atoms with Gasteiger partial charge in [-0.05, 0) is 56.0 Å². The van der Waals surface area contributed by atoms with Gasteiger partial charge in [0, 0.05) is 56.5 Å². The lowest BCUT2D eigenvalue weighted by Gasteiger charge is -2.40. The number of piperidine rings is 1. The topological polar surface area (TPSA) is 77.1 Å². The van der Waals surface area contributed by atoms with Crippen LogP contribution in [0.15, 0.2) is 48.0 Å². The third kappa shape index (κ3) is 4.80. The molecule has 0 spiro atoms. The summed E-state index contributed by atoms with van der Waals surface area (Å²) in [5, 5.41) is 2.57.